The van der Waals surface area contributed by atoms with Crippen LogP contribution >= 0.6 is 0 Å². The number of rotatable bonds is 3. The lowest BCUT2D eigenvalue weighted by Gasteiger charge is -2.38. The van der Waals surface area contributed by atoms with Crippen LogP contribution in [0.15, 0.2) is 0 Å². The first-order valence-electron chi connectivity index (χ1n) is 5.32. The van der Waals surface area contributed by atoms with Gasteiger partial charge in [-0.3, -0.25) is 0 Å². The summed E-state index contributed by atoms with van der Waals surface area (Å²) in [7, 11) is 2.20. The zero-order valence-electron chi connectivity index (χ0n) is 9.47. The summed E-state index contributed by atoms with van der Waals surface area (Å²) in [6.07, 6.45) is 2.92. The standard InChI is InChI=1S/C11H23NO/c1-10(2)13-9-11(3)5-7-12(4)8-6-11/h10H,5-9H2,1-4H3. The van der Waals surface area contributed by atoms with Crippen molar-refractivity contribution in [1.29, 1.82) is 0 Å². The maximum Gasteiger partial charge on any atom is 0.0524 e. The number of nitrogens with zero attached hydrogens (tertiary/aromatic N) is 1. The van der Waals surface area contributed by atoms with Crippen molar-refractivity contribution >= 4 is 0 Å². The molecule has 0 bridgehead atoms. The van der Waals surface area contributed by atoms with Crippen molar-refractivity contribution in [2.75, 3.05) is 26.7 Å². The van der Waals surface area contributed by atoms with Crippen LogP contribution in [0.1, 0.15) is 33.6 Å². The molecule has 0 saturated carbocycles. The van der Waals surface area contributed by atoms with Gasteiger partial charge in [0.1, 0.15) is 0 Å². The summed E-state index contributed by atoms with van der Waals surface area (Å²) in [5.74, 6) is 0. The highest BCUT2D eigenvalue weighted by Crippen LogP contribution is 2.30. The van der Waals surface area contributed by atoms with Crippen molar-refractivity contribution in [2.45, 2.75) is 39.7 Å². The molecule has 1 fully saturated rings. The van der Waals surface area contributed by atoms with Crippen molar-refractivity contribution in [1.82, 2.24) is 4.90 Å². The van der Waals surface area contributed by atoms with E-state index in [2.05, 4.69) is 32.7 Å². The van der Waals surface area contributed by atoms with Crippen molar-refractivity contribution in [3.8, 4) is 0 Å². The van der Waals surface area contributed by atoms with Gasteiger partial charge in [-0.25, -0.2) is 0 Å². The lowest BCUT2D eigenvalue weighted by molar-refractivity contribution is -0.0121. The molecule has 0 amide bonds. The fraction of sp³-hybridized carbons (Fsp3) is 1.00. The first-order valence-corrected chi connectivity index (χ1v) is 5.32. The Morgan fingerprint density at radius 1 is 1.31 bits per heavy atom. The molecule has 0 aliphatic carbocycles. The fourth-order valence-corrected chi connectivity index (χ4v) is 1.67. The first kappa shape index (κ1) is 11.0. The van der Waals surface area contributed by atoms with E-state index >= 15 is 0 Å². The van der Waals surface area contributed by atoms with E-state index in [1.807, 2.05) is 0 Å². The molecule has 2 nitrogen and oxygen atoms in total. The van der Waals surface area contributed by atoms with Gasteiger partial charge in [-0.2, -0.15) is 0 Å². The van der Waals surface area contributed by atoms with Crippen molar-refractivity contribution in [2.24, 2.45) is 5.41 Å². The average Bonchev–Trinajstić information content (AvgIpc) is 2.08. The number of likely N-dealkylation sites (tertiary alicyclic amines) is 1. The van der Waals surface area contributed by atoms with Crippen molar-refractivity contribution in [3.63, 3.8) is 0 Å². The highest BCUT2D eigenvalue weighted by atomic mass is 16.5. The predicted octanol–water partition coefficient (Wildman–Crippen LogP) is 2.14. The van der Waals surface area contributed by atoms with Crippen LogP contribution in [0.2, 0.25) is 0 Å². The molecule has 1 heterocycles. The minimum absolute atomic E-state index is 0.372. The third-order valence-electron chi connectivity index (χ3n) is 2.96. The Morgan fingerprint density at radius 2 is 1.85 bits per heavy atom. The Morgan fingerprint density at radius 3 is 2.31 bits per heavy atom. The molecule has 78 valence electrons. The van der Waals surface area contributed by atoms with E-state index in [0.29, 0.717) is 11.5 Å². The minimum atomic E-state index is 0.372. The molecule has 0 unspecified atom stereocenters. The molecular weight excluding hydrogens is 162 g/mol. The lowest BCUT2D eigenvalue weighted by Crippen LogP contribution is -2.39. The molecule has 0 N–H and O–H groups in total. The summed E-state index contributed by atoms with van der Waals surface area (Å²) >= 11 is 0. The minimum Gasteiger partial charge on any atom is -0.378 e. The summed E-state index contributed by atoms with van der Waals surface area (Å²) in [4.78, 5) is 2.40. The van der Waals surface area contributed by atoms with E-state index in [4.69, 9.17) is 4.74 Å². The van der Waals surface area contributed by atoms with Crippen LogP contribution in [-0.4, -0.2) is 37.7 Å². The molecule has 0 aromatic heterocycles. The molecule has 13 heavy (non-hydrogen) atoms. The molecular formula is C11H23NO. The monoisotopic (exact) mass is 185 g/mol. The zero-order valence-corrected chi connectivity index (χ0v) is 9.47. The van der Waals surface area contributed by atoms with Gasteiger partial charge in [-0.05, 0) is 52.2 Å². The van der Waals surface area contributed by atoms with Gasteiger partial charge in [0.25, 0.3) is 0 Å². The van der Waals surface area contributed by atoms with Crippen LogP contribution in [-0.2, 0) is 4.74 Å². The molecule has 1 aliphatic rings. The topological polar surface area (TPSA) is 12.5 Å². The molecule has 0 aromatic carbocycles. The molecule has 1 saturated heterocycles. The van der Waals surface area contributed by atoms with Crippen molar-refractivity contribution < 1.29 is 4.74 Å². The molecule has 2 heteroatoms. The van der Waals surface area contributed by atoms with Crippen LogP contribution in [0.5, 0.6) is 0 Å². The van der Waals surface area contributed by atoms with Gasteiger partial charge in [0.2, 0.25) is 0 Å². The lowest BCUT2D eigenvalue weighted by atomic mass is 9.81. The van der Waals surface area contributed by atoms with Gasteiger partial charge in [0.05, 0.1) is 12.7 Å². The van der Waals surface area contributed by atoms with Crippen LogP contribution in [0.25, 0.3) is 0 Å². The Kier molecular flexibility index (Phi) is 3.74. The maximum absolute atomic E-state index is 5.70. The third kappa shape index (κ3) is 3.65. The second-order valence-corrected chi connectivity index (χ2v) is 4.97. The van der Waals surface area contributed by atoms with E-state index in [9.17, 15) is 0 Å². The SMILES string of the molecule is CC(C)OCC1(C)CCN(C)CC1. The second kappa shape index (κ2) is 4.43. The number of hydrogen-bond donors (Lipinski definition) is 0. The summed E-state index contributed by atoms with van der Waals surface area (Å²) in [5.41, 5.74) is 0.427. The molecule has 0 aromatic rings. The molecule has 1 aliphatic heterocycles. The van der Waals surface area contributed by atoms with Crippen molar-refractivity contribution in [3.05, 3.63) is 0 Å². The second-order valence-electron chi connectivity index (χ2n) is 4.97. The normalized spacial score (nSPS) is 23.8. The van der Waals surface area contributed by atoms with Crippen LogP contribution in [0.4, 0.5) is 0 Å². The van der Waals surface area contributed by atoms with E-state index in [1.54, 1.807) is 0 Å². The Balaban J connectivity index is 2.30. The van der Waals surface area contributed by atoms with Gasteiger partial charge in [-0.15, -0.1) is 0 Å². The predicted molar refractivity (Wildman–Crippen MR) is 55.9 cm³/mol. The smallest absolute Gasteiger partial charge is 0.0524 e. The molecule has 0 atom stereocenters. The van der Waals surface area contributed by atoms with Gasteiger partial charge in [0, 0.05) is 0 Å². The van der Waals surface area contributed by atoms with E-state index in [1.165, 1.54) is 25.9 Å². The first-order chi connectivity index (χ1) is 6.02. The maximum atomic E-state index is 5.70. The Labute approximate surface area is 82.3 Å². The van der Waals surface area contributed by atoms with Gasteiger partial charge >= 0.3 is 0 Å². The number of ether oxygens (including phenoxy) is 1. The van der Waals surface area contributed by atoms with Crippen LogP contribution < -0.4 is 0 Å². The number of hydrogen-bond acceptors (Lipinski definition) is 2. The molecule has 1 rings (SSSR count). The quantitative estimate of drug-likeness (QED) is 0.668. The number of piperidine rings is 1. The third-order valence-corrected chi connectivity index (χ3v) is 2.96. The average molecular weight is 185 g/mol. The zero-order chi connectivity index (χ0) is 9.90. The van der Waals surface area contributed by atoms with Gasteiger partial charge < -0.3 is 9.64 Å². The molecule has 0 spiro atoms. The van der Waals surface area contributed by atoms with Gasteiger partial charge in [-0.1, -0.05) is 6.92 Å². The Hall–Kier alpha value is -0.0800. The highest BCUT2D eigenvalue weighted by Gasteiger charge is 2.29. The van der Waals surface area contributed by atoms with Gasteiger partial charge in [0.15, 0.2) is 0 Å². The summed E-state index contributed by atoms with van der Waals surface area (Å²) in [5, 5.41) is 0. The summed E-state index contributed by atoms with van der Waals surface area (Å²) < 4.78 is 5.70. The largest absolute Gasteiger partial charge is 0.378 e. The van der Waals surface area contributed by atoms with E-state index < -0.39 is 0 Å². The fourth-order valence-electron chi connectivity index (χ4n) is 1.67. The molecule has 0 radical (unpaired) electrons. The van der Waals surface area contributed by atoms with E-state index in [0.717, 1.165) is 6.61 Å². The van der Waals surface area contributed by atoms with Crippen LogP contribution in [0.3, 0.4) is 0 Å². The van der Waals surface area contributed by atoms with E-state index in [-0.39, 0.29) is 0 Å². The van der Waals surface area contributed by atoms with Crippen LogP contribution in [0, 0.1) is 5.41 Å². The summed E-state index contributed by atoms with van der Waals surface area (Å²) in [6.45, 7) is 9.94. The Bertz CT molecular complexity index is 148. The highest BCUT2D eigenvalue weighted by molar-refractivity contribution is 4.81. The summed E-state index contributed by atoms with van der Waals surface area (Å²) in [6, 6.07) is 0.